The molecule has 1 amide bonds. The van der Waals surface area contributed by atoms with Gasteiger partial charge in [-0.2, -0.15) is 0 Å². The number of aromatic hydroxyl groups is 1. The molecular formula is C19H23N4O3P. The first-order valence-electron chi connectivity index (χ1n) is 8.41. The van der Waals surface area contributed by atoms with Crippen LogP contribution in [0.3, 0.4) is 0 Å². The summed E-state index contributed by atoms with van der Waals surface area (Å²) in [7, 11) is -2.67. The van der Waals surface area contributed by atoms with Gasteiger partial charge in [-0.3, -0.25) is 9.36 Å². The lowest BCUT2D eigenvalue weighted by Crippen LogP contribution is -2.14. The minimum Gasteiger partial charge on any atom is -0.508 e. The van der Waals surface area contributed by atoms with Crippen molar-refractivity contribution in [3.05, 3.63) is 40.5 Å². The van der Waals surface area contributed by atoms with E-state index in [-0.39, 0.29) is 17.1 Å². The highest BCUT2D eigenvalue weighted by Gasteiger charge is 2.26. The maximum atomic E-state index is 12.7. The fourth-order valence-electron chi connectivity index (χ4n) is 3.51. The predicted octanol–water partition coefficient (Wildman–Crippen LogP) is 2.59. The van der Waals surface area contributed by atoms with Gasteiger partial charge in [0.25, 0.3) is 5.91 Å². The van der Waals surface area contributed by atoms with E-state index in [2.05, 4.69) is 4.98 Å². The van der Waals surface area contributed by atoms with Gasteiger partial charge in [-0.25, -0.2) is 4.98 Å². The minimum atomic E-state index is -2.67. The highest BCUT2D eigenvalue weighted by Crippen LogP contribution is 2.39. The van der Waals surface area contributed by atoms with E-state index in [0.29, 0.717) is 33.3 Å². The van der Waals surface area contributed by atoms with Crippen molar-refractivity contribution >= 4 is 35.3 Å². The number of anilines is 1. The summed E-state index contributed by atoms with van der Waals surface area (Å²) in [4.78, 5) is 16.7. The second-order valence-corrected chi connectivity index (χ2v) is 10.3. The molecule has 2 aromatic heterocycles. The molecule has 0 saturated carbocycles. The number of primary amides is 1. The monoisotopic (exact) mass is 386 g/mol. The zero-order valence-corrected chi connectivity index (χ0v) is 16.9. The Morgan fingerprint density at radius 1 is 1.19 bits per heavy atom. The highest BCUT2D eigenvalue weighted by molar-refractivity contribution is 7.70. The number of carbonyl (C=O) groups is 1. The summed E-state index contributed by atoms with van der Waals surface area (Å²) in [5.41, 5.74) is 15.7. The molecule has 0 aliphatic rings. The maximum Gasteiger partial charge on any atom is 0.253 e. The number of amides is 1. The Balaban J connectivity index is 2.58. The van der Waals surface area contributed by atoms with Crippen LogP contribution in [0.5, 0.6) is 5.75 Å². The number of pyridine rings is 1. The number of fused-ring (bicyclic) bond motifs is 1. The molecule has 0 bridgehead atoms. The highest BCUT2D eigenvalue weighted by atomic mass is 31.2. The van der Waals surface area contributed by atoms with E-state index in [1.807, 2.05) is 6.92 Å². The summed E-state index contributed by atoms with van der Waals surface area (Å²) in [6, 6.07) is 5.10. The molecule has 5 N–H and O–H groups in total. The third-order valence-corrected chi connectivity index (χ3v) is 6.20. The summed E-state index contributed by atoms with van der Waals surface area (Å²) in [6.45, 7) is 8.71. The lowest BCUT2D eigenvalue weighted by Gasteiger charge is -2.16. The molecule has 3 aromatic rings. The fourth-order valence-corrected chi connectivity index (χ4v) is 4.76. The lowest BCUT2D eigenvalue weighted by molar-refractivity contribution is 0.100. The van der Waals surface area contributed by atoms with E-state index >= 15 is 0 Å². The SMILES string of the molecule is Cc1cc2c(C(N)=O)c(N)n(-c3c(C)ccc(O)c3C)c2nc1P(C)(C)=O. The summed E-state index contributed by atoms with van der Waals surface area (Å²) in [5.74, 6) is -0.432. The number of nitrogens with two attached hydrogens (primary N) is 2. The summed E-state index contributed by atoms with van der Waals surface area (Å²) in [5, 5.41) is 10.7. The topological polar surface area (TPSA) is 124 Å². The van der Waals surface area contributed by atoms with Crippen molar-refractivity contribution in [1.82, 2.24) is 9.55 Å². The van der Waals surface area contributed by atoms with E-state index in [1.54, 1.807) is 49.9 Å². The molecule has 0 aliphatic carbocycles. The summed E-state index contributed by atoms with van der Waals surface area (Å²) < 4.78 is 14.3. The number of nitrogen functional groups attached to an aromatic ring is 1. The lowest BCUT2D eigenvalue weighted by atomic mass is 10.1. The van der Waals surface area contributed by atoms with E-state index in [9.17, 15) is 14.5 Å². The van der Waals surface area contributed by atoms with Crippen LogP contribution < -0.4 is 16.9 Å². The van der Waals surface area contributed by atoms with Crippen LogP contribution in [0.15, 0.2) is 18.2 Å². The van der Waals surface area contributed by atoms with E-state index in [4.69, 9.17) is 11.5 Å². The number of aromatic nitrogens is 2. The molecule has 0 saturated heterocycles. The van der Waals surface area contributed by atoms with E-state index < -0.39 is 13.0 Å². The first-order chi connectivity index (χ1) is 12.4. The maximum absolute atomic E-state index is 12.7. The number of benzene rings is 1. The first-order valence-corrected chi connectivity index (χ1v) is 11.0. The zero-order valence-electron chi connectivity index (χ0n) is 16.0. The Morgan fingerprint density at radius 3 is 2.37 bits per heavy atom. The van der Waals surface area contributed by atoms with Crippen molar-refractivity contribution in [3.63, 3.8) is 0 Å². The smallest absolute Gasteiger partial charge is 0.253 e. The quantitative estimate of drug-likeness (QED) is 0.597. The van der Waals surface area contributed by atoms with E-state index in [0.717, 1.165) is 5.56 Å². The van der Waals surface area contributed by atoms with Crippen LogP contribution >= 0.6 is 7.14 Å². The molecule has 0 spiro atoms. The number of nitrogens with zero attached hydrogens (tertiary/aromatic N) is 2. The van der Waals surface area contributed by atoms with Crippen LogP contribution in [0, 0.1) is 20.8 Å². The molecule has 8 heteroatoms. The number of carbonyl (C=O) groups excluding carboxylic acids is 1. The second kappa shape index (κ2) is 6.13. The fraction of sp³-hybridized carbons (Fsp3) is 0.263. The van der Waals surface area contributed by atoms with Crippen molar-refractivity contribution in [2.75, 3.05) is 19.1 Å². The minimum absolute atomic E-state index is 0.0986. The standard InChI is InChI=1S/C19H23N4O3P/c1-9-6-7-13(24)11(3)15(9)23-16(20)14(17(21)25)12-8-10(2)19(22-18(12)23)27(4,5)26/h6-8,24H,20H2,1-5H3,(H2,21,25). The molecular weight excluding hydrogens is 363 g/mol. The number of rotatable bonds is 3. The van der Waals surface area contributed by atoms with Gasteiger partial charge in [-0.05, 0) is 57.4 Å². The van der Waals surface area contributed by atoms with Crippen LogP contribution in [-0.2, 0) is 4.57 Å². The van der Waals surface area contributed by atoms with Crippen molar-refractivity contribution < 1.29 is 14.5 Å². The number of hydrogen-bond acceptors (Lipinski definition) is 5. The van der Waals surface area contributed by atoms with Crippen molar-refractivity contribution in [3.8, 4) is 11.4 Å². The Morgan fingerprint density at radius 2 is 1.81 bits per heavy atom. The second-order valence-electron chi connectivity index (χ2n) is 7.19. The van der Waals surface area contributed by atoms with E-state index in [1.165, 1.54) is 0 Å². The number of aryl methyl sites for hydroxylation is 2. The molecule has 142 valence electrons. The average molecular weight is 386 g/mol. The molecule has 0 atom stereocenters. The molecule has 27 heavy (non-hydrogen) atoms. The summed E-state index contributed by atoms with van der Waals surface area (Å²) in [6.07, 6.45) is 0. The normalized spacial score (nSPS) is 11.9. The number of phenolic OH excluding ortho intramolecular Hbond substituents is 1. The first kappa shape index (κ1) is 19.0. The van der Waals surface area contributed by atoms with Gasteiger partial charge < -0.3 is 21.1 Å². The number of phenols is 1. The molecule has 0 radical (unpaired) electrons. The molecule has 0 fully saturated rings. The van der Waals surface area contributed by atoms with Gasteiger partial charge in [-0.15, -0.1) is 0 Å². The number of hydrogen-bond donors (Lipinski definition) is 3. The van der Waals surface area contributed by atoms with Crippen LogP contribution in [0.4, 0.5) is 5.82 Å². The third-order valence-electron chi connectivity index (χ3n) is 4.73. The Hall–Kier alpha value is -2.79. The van der Waals surface area contributed by atoms with Gasteiger partial charge in [0.1, 0.15) is 29.8 Å². The van der Waals surface area contributed by atoms with Gasteiger partial charge in [-0.1, -0.05) is 6.07 Å². The third kappa shape index (κ3) is 2.88. The zero-order chi connectivity index (χ0) is 20.3. The Bertz CT molecular complexity index is 1160. The van der Waals surface area contributed by atoms with Crippen molar-refractivity contribution in [1.29, 1.82) is 0 Å². The van der Waals surface area contributed by atoms with Gasteiger partial charge in [0.15, 0.2) is 0 Å². The summed E-state index contributed by atoms with van der Waals surface area (Å²) >= 11 is 0. The Kier molecular flexibility index (Phi) is 4.31. The van der Waals surface area contributed by atoms with Gasteiger partial charge in [0.05, 0.1) is 11.3 Å². The molecule has 0 aliphatic heterocycles. The van der Waals surface area contributed by atoms with Crippen LogP contribution in [0.2, 0.25) is 0 Å². The van der Waals surface area contributed by atoms with Crippen molar-refractivity contribution in [2.24, 2.45) is 5.73 Å². The molecule has 1 aromatic carbocycles. The predicted molar refractivity (Wildman–Crippen MR) is 109 cm³/mol. The molecule has 2 heterocycles. The largest absolute Gasteiger partial charge is 0.508 e. The molecule has 0 unspecified atom stereocenters. The molecule has 7 nitrogen and oxygen atoms in total. The average Bonchev–Trinajstić information content (AvgIpc) is 2.81. The molecule has 3 rings (SSSR count). The van der Waals surface area contributed by atoms with Gasteiger partial charge in [0, 0.05) is 10.9 Å². The van der Waals surface area contributed by atoms with Crippen molar-refractivity contribution in [2.45, 2.75) is 20.8 Å². The van der Waals surface area contributed by atoms with Gasteiger partial charge in [0.2, 0.25) is 0 Å². The van der Waals surface area contributed by atoms with Crippen LogP contribution in [0.25, 0.3) is 16.7 Å². The Labute approximate surface area is 157 Å². The van der Waals surface area contributed by atoms with Crippen LogP contribution in [-0.4, -0.2) is 33.9 Å². The van der Waals surface area contributed by atoms with Crippen LogP contribution in [0.1, 0.15) is 27.0 Å². The van der Waals surface area contributed by atoms with Gasteiger partial charge >= 0.3 is 0 Å².